The average Bonchev–Trinajstić information content (AvgIpc) is 1.77. The van der Waals surface area contributed by atoms with Gasteiger partial charge in [-0.1, -0.05) is 0 Å². The Labute approximate surface area is 115 Å². The molecule has 0 saturated heterocycles. The van der Waals surface area contributed by atoms with Crippen LogP contribution in [0.2, 0.25) is 0 Å². The number of carbonyl (C=O) groups excluding carboxylic acids is 1. The molecule has 0 spiro atoms. The number of amides is 1. The Morgan fingerprint density at radius 3 is 1.44 bits per heavy atom. The molecule has 16 heavy (non-hydrogen) atoms. The standard InChI is InChI=1S/C6H13N2O.6ClH.Sb/c1-6(9)8(4)5-7(2)3;;;;;;;/h5H,1-4H3;6*1H;/q+1;;;;;;;+5/p-6. The molecule has 0 aliphatic rings. The zero-order valence-corrected chi connectivity index (χ0v) is 16.2. The predicted octanol–water partition coefficient (Wildman–Crippen LogP) is 3.52. The summed E-state index contributed by atoms with van der Waals surface area (Å²) in [6.45, 7) is 1.53. The molecule has 0 fully saturated rings. The number of rotatable bonds is 1. The van der Waals surface area contributed by atoms with Gasteiger partial charge in [0.1, 0.15) is 0 Å². The molecule has 0 aliphatic heterocycles. The van der Waals surface area contributed by atoms with Gasteiger partial charge in [0.05, 0.1) is 21.1 Å². The van der Waals surface area contributed by atoms with Crippen molar-refractivity contribution < 1.29 is 9.37 Å². The maximum atomic E-state index is 10.5. The van der Waals surface area contributed by atoms with Crippen LogP contribution in [-0.4, -0.2) is 52.0 Å². The van der Waals surface area contributed by atoms with Gasteiger partial charge < -0.3 is 0 Å². The van der Waals surface area contributed by atoms with E-state index in [4.69, 9.17) is 53.0 Å². The zero-order chi connectivity index (χ0) is 13.8. The molecular weight excluding hydrogens is 451 g/mol. The molecule has 0 aromatic heterocycles. The Hall–Kier alpha value is 1.70. The number of nitrogens with zero attached hydrogens (tertiary/aromatic N) is 2. The van der Waals surface area contributed by atoms with Crippen LogP contribution in [0.5, 0.6) is 0 Å². The number of carbonyl (C=O) groups is 1. The SMILES string of the molecule is CC(=O)N(C)C=[N+](C)C.[Cl][Sb-]([Cl])([Cl])([Cl])([Cl])[Cl]. The van der Waals surface area contributed by atoms with Crippen LogP contribution in [-0.2, 0) is 4.79 Å². The molecule has 0 bridgehead atoms. The van der Waals surface area contributed by atoms with E-state index < -0.39 is 9.14 Å². The van der Waals surface area contributed by atoms with Crippen molar-refractivity contribution in [3.63, 3.8) is 0 Å². The summed E-state index contributed by atoms with van der Waals surface area (Å²) in [6, 6.07) is 0. The monoisotopic (exact) mass is 460 g/mol. The van der Waals surface area contributed by atoms with Gasteiger partial charge in [-0.05, 0) is 0 Å². The van der Waals surface area contributed by atoms with Crippen molar-refractivity contribution in [3.05, 3.63) is 0 Å². The molecule has 0 atom stereocenters. The minimum absolute atomic E-state index is 0.0451. The number of halogens is 6. The Morgan fingerprint density at radius 2 is 1.38 bits per heavy atom. The topological polar surface area (TPSA) is 23.3 Å². The van der Waals surface area contributed by atoms with Crippen molar-refractivity contribution >= 4 is 74.4 Å². The summed E-state index contributed by atoms with van der Waals surface area (Å²) in [5.74, 6) is 0.0451. The Balaban J connectivity index is 0. The van der Waals surface area contributed by atoms with E-state index in [2.05, 4.69) is 0 Å². The third-order valence-corrected chi connectivity index (χ3v) is 0.901. The molecule has 100 valence electrons. The van der Waals surface area contributed by atoms with Crippen LogP contribution in [0.1, 0.15) is 6.92 Å². The molecule has 0 aliphatic carbocycles. The first kappa shape index (κ1) is 20.0. The van der Waals surface area contributed by atoms with Gasteiger partial charge in [-0.25, -0.2) is 9.69 Å². The van der Waals surface area contributed by atoms with Crippen molar-refractivity contribution in [2.45, 2.75) is 6.92 Å². The van der Waals surface area contributed by atoms with E-state index in [1.165, 1.54) is 11.8 Å². The minimum atomic E-state index is -5.42. The van der Waals surface area contributed by atoms with Gasteiger partial charge in [-0.2, -0.15) is 0 Å². The second-order valence-electron chi connectivity index (χ2n) is 3.17. The summed E-state index contributed by atoms with van der Waals surface area (Å²) in [6.07, 6.45) is 1.72. The molecule has 0 heterocycles. The summed E-state index contributed by atoms with van der Waals surface area (Å²) < 4.78 is 1.82. The quantitative estimate of drug-likeness (QED) is 0.253. The number of hydrogen-bond acceptors (Lipinski definition) is 1. The van der Waals surface area contributed by atoms with Crippen molar-refractivity contribution in [2.75, 3.05) is 21.1 Å². The van der Waals surface area contributed by atoms with Gasteiger partial charge in [0.2, 0.25) is 6.34 Å². The Morgan fingerprint density at radius 1 is 1.12 bits per heavy atom. The summed E-state index contributed by atoms with van der Waals surface area (Å²) in [7, 11) is 30.4. The van der Waals surface area contributed by atoms with Gasteiger partial charge >= 0.3 is 68.0 Å². The van der Waals surface area contributed by atoms with Crippen LogP contribution in [0.25, 0.3) is 0 Å². The summed E-state index contributed by atoms with van der Waals surface area (Å²) in [5, 5.41) is 0. The predicted molar refractivity (Wildman–Crippen MR) is 77.5 cm³/mol. The second-order valence-corrected chi connectivity index (χ2v) is 60.1. The van der Waals surface area contributed by atoms with E-state index >= 15 is 0 Å². The molecule has 3 nitrogen and oxygen atoms in total. The van der Waals surface area contributed by atoms with Gasteiger partial charge in [0, 0.05) is 6.92 Å². The second kappa shape index (κ2) is 5.77. The van der Waals surface area contributed by atoms with Crippen LogP contribution in [0, 0.1) is 0 Å². The molecule has 10 heteroatoms. The van der Waals surface area contributed by atoms with Crippen LogP contribution in [0.15, 0.2) is 0 Å². The average molecular weight is 464 g/mol. The fraction of sp³-hybridized carbons (Fsp3) is 0.667. The number of hydrogen-bond donors (Lipinski definition) is 0. The van der Waals surface area contributed by atoms with Crippen LogP contribution in [0.4, 0.5) is 0 Å². The fourth-order valence-corrected chi connectivity index (χ4v) is 0.428. The summed E-state index contributed by atoms with van der Waals surface area (Å²) in [5.41, 5.74) is 0. The molecule has 0 aromatic carbocycles. The molecule has 0 unspecified atom stereocenters. The zero-order valence-electron chi connectivity index (χ0n) is 9.10. The van der Waals surface area contributed by atoms with Crippen LogP contribution < -0.4 is 0 Å². The van der Waals surface area contributed by atoms with E-state index in [0.717, 1.165) is 0 Å². The fourth-order valence-electron chi connectivity index (χ4n) is 0.428. The van der Waals surface area contributed by atoms with Crippen molar-refractivity contribution in [1.82, 2.24) is 4.90 Å². The van der Waals surface area contributed by atoms with Gasteiger partial charge in [-0.15, -0.1) is 0 Å². The summed E-state index contributed by atoms with van der Waals surface area (Å²) in [4.78, 5) is 12.1. The van der Waals surface area contributed by atoms with Gasteiger partial charge in [0.15, 0.2) is 0 Å². The van der Waals surface area contributed by atoms with E-state index in [1.54, 1.807) is 13.4 Å². The Bertz CT molecular complexity index is 278. The maximum absolute atomic E-state index is 10.5. The normalized spacial score (nSPS) is 14.9. The van der Waals surface area contributed by atoms with E-state index in [9.17, 15) is 4.79 Å². The van der Waals surface area contributed by atoms with Gasteiger partial charge in [-0.3, -0.25) is 4.58 Å². The van der Waals surface area contributed by atoms with Crippen LogP contribution >= 0.6 is 53.0 Å². The van der Waals surface area contributed by atoms with Gasteiger partial charge in [0.25, 0.3) is 0 Å². The summed E-state index contributed by atoms with van der Waals surface area (Å²) >= 11 is 0. The molecular formula is C6H13Cl6N2OSb. The van der Waals surface area contributed by atoms with E-state index in [-0.39, 0.29) is 5.91 Å². The third kappa shape index (κ3) is 36.1. The first-order chi connectivity index (χ1) is 6.49. The molecule has 0 radical (unpaired) electrons. The first-order valence-corrected chi connectivity index (χ1v) is 23.2. The third-order valence-electron chi connectivity index (χ3n) is 0.901. The van der Waals surface area contributed by atoms with E-state index in [1.807, 2.05) is 18.7 Å². The van der Waals surface area contributed by atoms with Crippen molar-refractivity contribution in [2.24, 2.45) is 0 Å². The molecule has 0 aromatic rings. The molecule has 0 N–H and O–H groups in total. The van der Waals surface area contributed by atoms with Crippen molar-refractivity contribution in [3.8, 4) is 0 Å². The molecule has 0 rings (SSSR count). The molecule has 0 saturated carbocycles. The molecule has 1 amide bonds. The first-order valence-electron chi connectivity index (χ1n) is 3.80. The Kier molecular flexibility index (Phi) is 7.23. The van der Waals surface area contributed by atoms with Crippen molar-refractivity contribution in [1.29, 1.82) is 0 Å². The van der Waals surface area contributed by atoms with Crippen LogP contribution in [0.3, 0.4) is 0 Å². The van der Waals surface area contributed by atoms with E-state index in [0.29, 0.717) is 0 Å².